The molecule has 2 heterocycles. The number of nitrogens with one attached hydrogen (secondary N) is 1. The molecule has 2 rings (SSSR count). The summed E-state index contributed by atoms with van der Waals surface area (Å²) >= 11 is 0. The first-order chi connectivity index (χ1) is 12.6. The lowest BCUT2D eigenvalue weighted by atomic mass is 10.0. The van der Waals surface area contributed by atoms with Gasteiger partial charge in [0.25, 0.3) is 0 Å². The molecule has 0 saturated carbocycles. The van der Waals surface area contributed by atoms with Gasteiger partial charge in [-0.05, 0) is 27.2 Å². The number of aliphatic imine (C=N–C) groups is 1. The van der Waals surface area contributed by atoms with Gasteiger partial charge in [0, 0.05) is 51.3 Å². The highest BCUT2D eigenvalue weighted by Crippen LogP contribution is 2.19. The fraction of sp³-hybridized carbons (Fsp3) is 0.947. The summed E-state index contributed by atoms with van der Waals surface area (Å²) in [5.74, 6) is 1.61. The van der Waals surface area contributed by atoms with Gasteiger partial charge in [-0.15, -0.1) is 0 Å². The zero-order valence-corrected chi connectivity index (χ0v) is 17.1. The van der Waals surface area contributed by atoms with E-state index in [4.69, 9.17) is 19.2 Å². The van der Waals surface area contributed by atoms with E-state index in [2.05, 4.69) is 35.9 Å². The van der Waals surface area contributed by atoms with E-state index in [1.165, 1.54) is 0 Å². The number of ether oxygens (including phenoxy) is 3. The molecule has 0 aromatic rings. The van der Waals surface area contributed by atoms with Crippen molar-refractivity contribution in [1.29, 1.82) is 0 Å². The molecule has 2 aliphatic heterocycles. The van der Waals surface area contributed by atoms with E-state index in [-0.39, 0.29) is 5.54 Å². The van der Waals surface area contributed by atoms with E-state index >= 15 is 0 Å². The minimum absolute atomic E-state index is 0.0485. The van der Waals surface area contributed by atoms with Crippen LogP contribution in [0.25, 0.3) is 0 Å². The first-order valence-corrected chi connectivity index (χ1v) is 9.99. The molecule has 2 saturated heterocycles. The third kappa shape index (κ3) is 6.68. The maximum absolute atomic E-state index is 5.71. The summed E-state index contributed by atoms with van der Waals surface area (Å²) in [6.07, 6.45) is 1.16. The summed E-state index contributed by atoms with van der Waals surface area (Å²) in [6.45, 7) is 16.2. The predicted octanol–water partition coefficient (Wildman–Crippen LogP) is 1.05. The third-order valence-electron chi connectivity index (χ3n) is 5.19. The lowest BCUT2D eigenvalue weighted by Crippen LogP contribution is -2.52. The van der Waals surface area contributed by atoms with Gasteiger partial charge in [-0.2, -0.15) is 0 Å². The van der Waals surface area contributed by atoms with Crippen molar-refractivity contribution in [2.24, 2.45) is 10.9 Å². The van der Waals surface area contributed by atoms with E-state index in [9.17, 15) is 0 Å². The summed E-state index contributed by atoms with van der Waals surface area (Å²) in [4.78, 5) is 9.84. The minimum Gasteiger partial charge on any atom is -0.382 e. The first-order valence-electron chi connectivity index (χ1n) is 9.99. The molecular weight excluding hydrogens is 332 g/mol. The Labute approximate surface area is 159 Å². The van der Waals surface area contributed by atoms with Crippen molar-refractivity contribution in [3.05, 3.63) is 0 Å². The number of guanidine groups is 1. The molecule has 1 N–H and O–H groups in total. The molecule has 0 bridgehead atoms. The highest BCUT2D eigenvalue weighted by molar-refractivity contribution is 5.80. The van der Waals surface area contributed by atoms with Crippen LogP contribution in [0, 0.1) is 5.92 Å². The van der Waals surface area contributed by atoms with Gasteiger partial charge in [0.05, 0.1) is 39.6 Å². The van der Waals surface area contributed by atoms with Crippen molar-refractivity contribution < 1.29 is 14.2 Å². The maximum Gasteiger partial charge on any atom is 0.193 e. The van der Waals surface area contributed by atoms with E-state index in [0.717, 1.165) is 71.5 Å². The summed E-state index contributed by atoms with van der Waals surface area (Å²) in [7, 11) is 1.71. The largest absolute Gasteiger partial charge is 0.382 e. The normalized spacial score (nSPS) is 22.8. The molecule has 152 valence electrons. The van der Waals surface area contributed by atoms with Gasteiger partial charge in [0.1, 0.15) is 0 Å². The maximum atomic E-state index is 5.71. The standard InChI is InChI=1S/C19H38N4O3/c1-5-20-18(21-16-19(2,3)23-8-10-25-11-9-23)22-7-6-17(14-22)15-26-13-12-24-4/h17H,5-16H2,1-4H3,(H,20,21). The second kappa shape index (κ2) is 11.1. The van der Waals surface area contributed by atoms with Crippen molar-refractivity contribution in [2.45, 2.75) is 32.7 Å². The third-order valence-corrected chi connectivity index (χ3v) is 5.19. The number of hydrogen-bond acceptors (Lipinski definition) is 5. The zero-order valence-electron chi connectivity index (χ0n) is 17.1. The highest BCUT2D eigenvalue weighted by atomic mass is 16.5. The Balaban J connectivity index is 1.85. The van der Waals surface area contributed by atoms with Crippen LogP contribution in [0.15, 0.2) is 4.99 Å². The van der Waals surface area contributed by atoms with Gasteiger partial charge < -0.3 is 24.4 Å². The molecule has 0 aliphatic carbocycles. The lowest BCUT2D eigenvalue weighted by molar-refractivity contribution is -0.00689. The monoisotopic (exact) mass is 370 g/mol. The van der Waals surface area contributed by atoms with Crippen LogP contribution in [0.1, 0.15) is 27.2 Å². The molecule has 1 atom stereocenters. The van der Waals surface area contributed by atoms with Crippen LogP contribution in [0.4, 0.5) is 0 Å². The Kier molecular flexibility index (Phi) is 9.11. The fourth-order valence-electron chi connectivity index (χ4n) is 3.52. The van der Waals surface area contributed by atoms with Crippen LogP contribution in [0.3, 0.4) is 0 Å². The molecule has 0 spiro atoms. The first kappa shape index (κ1) is 21.4. The molecule has 26 heavy (non-hydrogen) atoms. The van der Waals surface area contributed by atoms with Crippen LogP contribution < -0.4 is 5.32 Å². The van der Waals surface area contributed by atoms with Crippen molar-refractivity contribution in [3.8, 4) is 0 Å². The smallest absolute Gasteiger partial charge is 0.193 e. The van der Waals surface area contributed by atoms with Gasteiger partial charge in [-0.1, -0.05) is 0 Å². The van der Waals surface area contributed by atoms with Crippen LogP contribution in [0.5, 0.6) is 0 Å². The lowest BCUT2D eigenvalue weighted by Gasteiger charge is -2.40. The number of hydrogen-bond donors (Lipinski definition) is 1. The average molecular weight is 371 g/mol. The summed E-state index contributed by atoms with van der Waals surface area (Å²) in [5, 5.41) is 3.47. The molecule has 0 aromatic carbocycles. The van der Waals surface area contributed by atoms with Crippen molar-refractivity contribution in [1.82, 2.24) is 15.1 Å². The van der Waals surface area contributed by atoms with E-state index < -0.39 is 0 Å². The summed E-state index contributed by atoms with van der Waals surface area (Å²) in [5.41, 5.74) is 0.0485. The molecule has 2 fully saturated rings. The van der Waals surface area contributed by atoms with Gasteiger partial charge in [-0.3, -0.25) is 9.89 Å². The second-order valence-electron chi connectivity index (χ2n) is 7.75. The van der Waals surface area contributed by atoms with E-state index in [1.54, 1.807) is 7.11 Å². The van der Waals surface area contributed by atoms with Gasteiger partial charge in [0.2, 0.25) is 0 Å². The number of likely N-dealkylation sites (tertiary alicyclic amines) is 1. The average Bonchev–Trinajstić information content (AvgIpc) is 3.12. The summed E-state index contributed by atoms with van der Waals surface area (Å²) in [6, 6.07) is 0. The SMILES string of the molecule is CCNC(=NCC(C)(C)N1CCOCC1)N1CCC(COCCOC)C1. The zero-order chi connectivity index (χ0) is 18.8. The predicted molar refractivity (Wildman–Crippen MR) is 105 cm³/mol. The molecule has 7 nitrogen and oxygen atoms in total. The number of rotatable bonds is 9. The Bertz CT molecular complexity index is 425. The molecule has 7 heteroatoms. The molecule has 0 amide bonds. The second-order valence-corrected chi connectivity index (χ2v) is 7.75. The minimum atomic E-state index is 0.0485. The van der Waals surface area contributed by atoms with Gasteiger partial charge >= 0.3 is 0 Å². The van der Waals surface area contributed by atoms with Gasteiger partial charge in [-0.25, -0.2) is 0 Å². The Morgan fingerprint density at radius 2 is 2.00 bits per heavy atom. The molecular formula is C19H38N4O3. The Morgan fingerprint density at radius 1 is 1.23 bits per heavy atom. The number of morpholine rings is 1. The highest BCUT2D eigenvalue weighted by Gasteiger charge is 2.29. The van der Waals surface area contributed by atoms with Crippen LogP contribution in [-0.4, -0.2) is 101 Å². The van der Waals surface area contributed by atoms with Crippen LogP contribution >= 0.6 is 0 Å². The Hall–Kier alpha value is -0.890. The number of methoxy groups -OCH3 is 1. The quantitative estimate of drug-likeness (QED) is 0.372. The molecule has 2 aliphatic rings. The molecule has 0 radical (unpaired) electrons. The van der Waals surface area contributed by atoms with Gasteiger partial charge in [0.15, 0.2) is 5.96 Å². The molecule has 0 aromatic heterocycles. The van der Waals surface area contributed by atoms with Crippen molar-refractivity contribution in [2.75, 3.05) is 79.4 Å². The number of nitrogens with zero attached hydrogens (tertiary/aromatic N) is 3. The van der Waals surface area contributed by atoms with Crippen LogP contribution in [-0.2, 0) is 14.2 Å². The molecule has 1 unspecified atom stereocenters. The fourth-order valence-corrected chi connectivity index (χ4v) is 3.52. The van der Waals surface area contributed by atoms with Crippen molar-refractivity contribution in [3.63, 3.8) is 0 Å². The van der Waals surface area contributed by atoms with Crippen LogP contribution in [0.2, 0.25) is 0 Å². The topological polar surface area (TPSA) is 58.6 Å². The van der Waals surface area contributed by atoms with E-state index in [0.29, 0.717) is 19.1 Å². The summed E-state index contributed by atoms with van der Waals surface area (Å²) < 4.78 is 16.2. The van der Waals surface area contributed by atoms with Crippen molar-refractivity contribution >= 4 is 5.96 Å². The Morgan fingerprint density at radius 3 is 2.69 bits per heavy atom. The van der Waals surface area contributed by atoms with E-state index in [1.807, 2.05) is 0 Å².